The number of aromatic nitrogens is 2. The molecule has 4 aromatic rings. The predicted octanol–water partition coefficient (Wildman–Crippen LogP) is 6.13. The van der Waals surface area contributed by atoms with E-state index in [1.165, 1.54) is 11.3 Å². The number of benzene rings is 2. The Morgan fingerprint density at radius 1 is 0.838 bits per heavy atom. The summed E-state index contributed by atoms with van der Waals surface area (Å²) in [6.45, 7) is 9.62. The van der Waals surface area contributed by atoms with Crippen LogP contribution in [0.25, 0.3) is 10.2 Å². The third-order valence-electron chi connectivity index (χ3n) is 5.35. The zero-order valence-electron chi connectivity index (χ0n) is 21.5. The van der Waals surface area contributed by atoms with Gasteiger partial charge in [-0.1, -0.05) is 23.5 Å². The van der Waals surface area contributed by atoms with E-state index in [2.05, 4.69) is 4.98 Å². The first-order chi connectivity index (χ1) is 18.1. The summed E-state index contributed by atoms with van der Waals surface area (Å²) in [7, 11) is 0. The summed E-state index contributed by atoms with van der Waals surface area (Å²) >= 11 is 1.43. The normalized spacial score (nSPS) is 10.8. The molecule has 0 fully saturated rings. The number of thiazole rings is 1. The quantitative estimate of drug-likeness (QED) is 0.222. The van der Waals surface area contributed by atoms with Gasteiger partial charge in [0.15, 0.2) is 16.6 Å². The summed E-state index contributed by atoms with van der Waals surface area (Å²) in [5.41, 5.74) is 1.86. The molecule has 0 unspecified atom stereocenters. The summed E-state index contributed by atoms with van der Waals surface area (Å²) in [6, 6.07) is 14.8. The van der Waals surface area contributed by atoms with Crippen LogP contribution in [0, 0.1) is 0 Å². The van der Waals surface area contributed by atoms with Crippen LogP contribution in [0.3, 0.4) is 0 Å². The van der Waals surface area contributed by atoms with E-state index in [1.54, 1.807) is 23.2 Å². The Morgan fingerprint density at radius 3 is 2.14 bits per heavy atom. The van der Waals surface area contributed by atoms with Crippen LogP contribution in [-0.4, -0.2) is 42.3 Å². The average Bonchev–Trinajstić information content (AvgIpc) is 3.35. The van der Waals surface area contributed by atoms with Crippen LogP contribution in [-0.2, 0) is 6.54 Å². The number of pyridine rings is 1. The number of hydrogen-bond donors (Lipinski definition) is 0. The molecule has 0 N–H and O–H groups in total. The smallest absolute Gasteiger partial charge is 0.260 e. The molecule has 0 radical (unpaired) electrons. The monoisotopic (exact) mass is 521 g/mol. The second-order valence-electron chi connectivity index (χ2n) is 7.85. The lowest BCUT2D eigenvalue weighted by Crippen LogP contribution is -2.30. The fourth-order valence-electron chi connectivity index (χ4n) is 3.85. The van der Waals surface area contributed by atoms with Crippen LogP contribution in [0.15, 0.2) is 54.7 Å². The molecule has 2 aromatic carbocycles. The van der Waals surface area contributed by atoms with Crippen molar-refractivity contribution in [3.8, 4) is 23.0 Å². The van der Waals surface area contributed by atoms with Gasteiger partial charge in [0.2, 0.25) is 5.75 Å². The number of amides is 1. The zero-order chi connectivity index (χ0) is 26.2. The van der Waals surface area contributed by atoms with Gasteiger partial charge in [-0.15, -0.1) is 0 Å². The minimum Gasteiger partial charge on any atom is -0.492 e. The molecule has 0 aliphatic carbocycles. The molecule has 0 saturated carbocycles. The maximum atomic E-state index is 14.1. The van der Waals surface area contributed by atoms with Crippen LogP contribution in [0.1, 0.15) is 43.7 Å². The number of fused-ring (bicyclic) bond motifs is 1. The van der Waals surface area contributed by atoms with E-state index in [-0.39, 0.29) is 12.5 Å². The van der Waals surface area contributed by atoms with E-state index in [0.717, 1.165) is 15.9 Å². The fraction of sp³-hybridized carbons (Fsp3) is 0.321. The standard InChI is InChI=1S/C28H31N3O5S/c1-5-33-21-13-11-14-24-25(21)30-28(37-24)31(18-20-12-9-10-15-29-20)27(32)19-16-22(34-6-2)26(36-8-4)23(17-19)35-7-3/h9-17H,5-8,18H2,1-4H3. The topological polar surface area (TPSA) is 83.0 Å². The molecule has 0 aliphatic rings. The van der Waals surface area contributed by atoms with Crippen molar-refractivity contribution in [2.45, 2.75) is 34.2 Å². The highest BCUT2D eigenvalue weighted by Gasteiger charge is 2.26. The zero-order valence-corrected chi connectivity index (χ0v) is 22.3. The first kappa shape index (κ1) is 26.2. The van der Waals surface area contributed by atoms with Crippen LogP contribution >= 0.6 is 11.3 Å². The molecule has 2 heterocycles. The van der Waals surface area contributed by atoms with Crippen molar-refractivity contribution in [2.75, 3.05) is 31.3 Å². The van der Waals surface area contributed by atoms with Crippen molar-refractivity contribution in [1.82, 2.24) is 9.97 Å². The van der Waals surface area contributed by atoms with E-state index >= 15 is 0 Å². The van der Waals surface area contributed by atoms with Gasteiger partial charge in [0.05, 0.1) is 43.4 Å². The number of carbonyl (C=O) groups excluding carboxylic acids is 1. The van der Waals surface area contributed by atoms with Crippen LogP contribution in [0.2, 0.25) is 0 Å². The molecule has 0 bridgehead atoms. The summed E-state index contributed by atoms with van der Waals surface area (Å²) < 4.78 is 24.2. The van der Waals surface area contributed by atoms with Gasteiger partial charge in [0.1, 0.15) is 11.3 Å². The van der Waals surface area contributed by atoms with Gasteiger partial charge < -0.3 is 18.9 Å². The van der Waals surface area contributed by atoms with Gasteiger partial charge in [-0.25, -0.2) is 4.98 Å². The lowest BCUT2D eigenvalue weighted by atomic mass is 10.1. The number of ether oxygens (including phenoxy) is 4. The Hall–Kier alpha value is -3.85. The van der Waals surface area contributed by atoms with E-state index < -0.39 is 0 Å². The molecule has 0 spiro atoms. The van der Waals surface area contributed by atoms with Gasteiger partial charge in [0, 0.05) is 11.8 Å². The number of hydrogen-bond acceptors (Lipinski definition) is 8. The molecular weight excluding hydrogens is 490 g/mol. The van der Waals surface area contributed by atoms with Crippen molar-refractivity contribution >= 4 is 32.6 Å². The lowest BCUT2D eigenvalue weighted by molar-refractivity contribution is 0.0983. The van der Waals surface area contributed by atoms with Gasteiger partial charge in [-0.2, -0.15) is 0 Å². The highest BCUT2D eigenvalue weighted by atomic mass is 32.1. The number of carbonyl (C=O) groups is 1. The van der Waals surface area contributed by atoms with Crippen LogP contribution in [0.4, 0.5) is 5.13 Å². The van der Waals surface area contributed by atoms with E-state index in [9.17, 15) is 4.79 Å². The lowest BCUT2D eigenvalue weighted by Gasteiger charge is -2.22. The van der Waals surface area contributed by atoms with Gasteiger partial charge in [-0.3, -0.25) is 14.7 Å². The van der Waals surface area contributed by atoms with Crippen molar-refractivity contribution in [1.29, 1.82) is 0 Å². The van der Waals surface area contributed by atoms with Gasteiger partial charge >= 0.3 is 0 Å². The second kappa shape index (κ2) is 12.4. The summed E-state index contributed by atoms with van der Waals surface area (Å²) in [5.74, 6) is 1.83. The van der Waals surface area contributed by atoms with E-state index in [0.29, 0.717) is 60.1 Å². The molecule has 2 aromatic heterocycles. The minimum atomic E-state index is -0.257. The Balaban J connectivity index is 1.82. The van der Waals surface area contributed by atoms with Crippen LogP contribution < -0.4 is 23.8 Å². The molecule has 194 valence electrons. The maximum absolute atomic E-state index is 14.1. The molecule has 8 nitrogen and oxygen atoms in total. The Morgan fingerprint density at radius 2 is 1.51 bits per heavy atom. The molecule has 4 rings (SSSR count). The Kier molecular flexibility index (Phi) is 8.79. The van der Waals surface area contributed by atoms with Gasteiger partial charge in [0.25, 0.3) is 5.91 Å². The number of para-hydroxylation sites is 1. The van der Waals surface area contributed by atoms with Gasteiger partial charge in [-0.05, 0) is 64.1 Å². The third-order valence-corrected chi connectivity index (χ3v) is 6.39. The largest absolute Gasteiger partial charge is 0.492 e. The second-order valence-corrected chi connectivity index (χ2v) is 8.85. The first-order valence-corrected chi connectivity index (χ1v) is 13.2. The number of nitrogens with zero attached hydrogens (tertiary/aromatic N) is 3. The molecule has 0 aliphatic heterocycles. The molecule has 0 atom stereocenters. The highest BCUT2D eigenvalue weighted by Crippen LogP contribution is 2.41. The SMILES string of the molecule is CCOc1cc(C(=O)N(Cc2ccccn2)c2nc3c(OCC)cccc3s2)cc(OCC)c1OCC. The number of rotatable bonds is 12. The molecule has 9 heteroatoms. The summed E-state index contributed by atoms with van der Waals surface area (Å²) in [6.07, 6.45) is 1.71. The first-order valence-electron chi connectivity index (χ1n) is 12.4. The fourth-order valence-corrected chi connectivity index (χ4v) is 4.83. The maximum Gasteiger partial charge on any atom is 0.260 e. The summed E-state index contributed by atoms with van der Waals surface area (Å²) in [4.78, 5) is 25.0. The van der Waals surface area contributed by atoms with Crippen molar-refractivity contribution in [2.24, 2.45) is 0 Å². The number of anilines is 1. The Labute approximate surface area is 220 Å². The molecular formula is C28H31N3O5S. The molecule has 37 heavy (non-hydrogen) atoms. The van der Waals surface area contributed by atoms with Crippen LogP contribution in [0.5, 0.6) is 23.0 Å². The third kappa shape index (κ3) is 5.94. The minimum absolute atomic E-state index is 0.241. The van der Waals surface area contributed by atoms with Crippen molar-refractivity contribution in [3.63, 3.8) is 0 Å². The van der Waals surface area contributed by atoms with Crippen molar-refractivity contribution in [3.05, 3.63) is 66.0 Å². The molecule has 1 amide bonds. The van der Waals surface area contributed by atoms with E-state index in [1.807, 2.05) is 64.1 Å². The summed E-state index contributed by atoms with van der Waals surface area (Å²) in [5, 5.41) is 0.544. The predicted molar refractivity (Wildman–Crippen MR) is 145 cm³/mol. The Bertz CT molecular complexity index is 1320. The van der Waals surface area contributed by atoms with Crippen molar-refractivity contribution < 1.29 is 23.7 Å². The van der Waals surface area contributed by atoms with E-state index in [4.69, 9.17) is 23.9 Å². The highest BCUT2D eigenvalue weighted by molar-refractivity contribution is 7.22. The average molecular weight is 522 g/mol. The molecule has 0 saturated heterocycles.